The van der Waals surface area contributed by atoms with E-state index in [9.17, 15) is 14.7 Å². The fraction of sp³-hybridized carbons (Fsp3) is 0.636. The van der Waals surface area contributed by atoms with Crippen LogP contribution in [0.4, 0.5) is 0 Å². The minimum Gasteiger partial charge on any atom is -0.463 e. The zero-order chi connectivity index (χ0) is 13.0. The van der Waals surface area contributed by atoms with Crippen LogP contribution in [0.1, 0.15) is 20.3 Å². The number of rotatable bonds is 3. The molecular weight excluding hydrogens is 224 g/mol. The first kappa shape index (κ1) is 13.7. The zero-order valence-corrected chi connectivity index (χ0v) is 9.97. The van der Waals surface area contributed by atoms with Gasteiger partial charge in [0.25, 0.3) is 0 Å². The molecule has 17 heavy (non-hydrogen) atoms. The normalized spacial score (nSPS) is 28.2. The molecule has 0 aromatic rings. The number of nitrogens with one attached hydrogen (secondary N) is 1. The number of hydrogen-bond donors (Lipinski definition) is 3. The van der Waals surface area contributed by atoms with Crippen molar-refractivity contribution in [2.45, 2.75) is 38.5 Å². The molecule has 1 amide bonds. The maximum Gasteiger partial charge on any atom is 0.333 e. The molecule has 6 heteroatoms. The van der Waals surface area contributed by atoms with Gasteiger partial charge in [0.2, 0.25) is 5.91 Å². The van der Waals surface area contributed by atoms with Gasteiger partial charge in [0.05, 0.1) is 18.8 Å². The van der Waals surface area contributed by atoms with Gasteiger partial charge in [-0.25, -0.2) is 4.79 Å². The summed E-state index contributed by atoms with van der Waals surface area (Å²) in [6, 6.07) is -1.07. The van der Waals surface area contributed by atoms with Crippen molar-refractivity contribution in [3.8, 4) is 0 Å². The van der Waals surface area contributed by atoms with E-state index >= 15 is 0 Å². The van der Waals surface area contributed by atoms with E-state index in [0.29, 0.717) is 5.57 Å². The number of carbonyl (C=O) groups excluding carboxylic acids is 2. The van der Waals surface area contributed by atoms with E-state index in [0.717, 1.165) is 0 Å². The lowest BCUT2D eigenvalue weighted by Gasteiger charge is -2.32. The minimum absolute atomic E-state index is 0.266. The molecule has 0 saturated carbocycles. The van der Waals surface area contributed by atoms with Crippen LogP contribution in [0.15, 0.2) is 11.6 Å². The van der Waals surface area contributed by atoms with Gasteiger partial charge >= 0.3 is 5.97 Å². The first-order chi connectivity index (χ1) is 7.95. The third kappa shape index (κ3) is 3.54. The number of aliphatic hydroxyl groups excluding tert-OH is 1. The van der Waals surface area contributed by atoms with E-state index < -0.39 is 24.2 Å². The van der Waals surface area contributed by atoms with Gasteiger partial charge in [-0.3, -0.25) is 4.79 Å². The van der Waals surface area contributed by atoms with Gasteiger partial charge in [-0.15, -0.1) is 0 Å². The van der Waals surface area contributed by atoms with Crippen molar-refractivity contribution in [3.63, 3.8) is 0 Å². The highest BCUT2D eigenvalue weighted by Crippen LogP contribution is 2.19. The summed E-state index contributed by atoms with van der Waals surface area (Å²) >= 11 is 0. The van der Waals surface area contributed by atoms with Crippen LogP contribution in [0.2, 0.25) is 0 Å². The third-order valence-corrected chi connectivity index (χ3v) is 2.56. The van der Waals surface area contributed by atoms with Crippen molar-refractivity contribution in [1.29, 1.82) is 0 Å². The van der Waals surface area contributed by atoms with Crippen molar-refractivity contribution < 1.29 is 19.4 Å². The molecule has 0 aromatic carbocycles. The van der Waals surface area contributed by atoms with Gasteiger partial charge in [0, 0.05) is 18.5 Å². The monoisotopic (exact) mass is 242 g/mol. The zero-order valence-electron chi connectivity index (χ0n) is 9.97. The number of aliphatic hydroxyl groups is 1. The standard InChI is InChI=1S/C11H18N2O4/c1-3-17-11(16)7-4-8(12)10(9(15)5-7)13-6(2)14/h5,8-10,15H,3-4,12H2,1-2H3,(H,13,14)/t8-,9+,10+/m0/s1. The van der Waals surface area contributed by atoms with E-state index in [1.807, 2.05) is 0 Å². The van der Waals surface area contributed by atoms with Crippen LogP contribution in [0, 0.1) is 0 Å². The molecule has 0 aromatic heterocycles. The SMILES string of the molecule is CCOC(=O)C1=C[C@@H](O)[C@H](NC(C)=O)[C@@H](N)C1. The van der Waals surface area contributed by atoms with Gasteiger partial charge in [-0.05, 0) is 19.4 Å². The summed E-state index contributed by atoms with van der Waals surface area (Å²) < 4.78 is 4.83. The lowest BCUT2D eigenvalue weighted by Crippen LogP contribution is -2.55. The topological polar surface area (TPSA) is 102 Å². The average Bonchev–Trinajstić information content (AvgIpc) is 2.23. The number of nitrogens with two attached hydrogens (primary N) is 1. The Balaban J connectivity index is 2.75. The van der Waals surface area contributed by atoms with E-state index in [2.05, 4.69) is 5.32 Å². The summed E-state index contributed by atoms with van der Waals surface area (Å²) in [4.78, 5) is 22.4. The number of amides is 1. The molecule has 0 radical (unpaired) electrons. The van der Waals surface area contributed by atoms with Crippen LogP contribution in [-0.2, 0) is 14.3 Å². The van der Waals surface area contributed by atoms with Crippen molar-refractivity contribution in [1.82, 2.24) is 5.32 Å². The van der Waals surface area contributed by atoms with Gasteiger partial charge in [0.15, 0.2) is 0 Å². The van der Waals surface area contributed by atoms with Crippen molar-refractivity contribution in [2.75, 3.05) is 6.61 Å². The van der Waals surface area contributed by atoms with E-state index in [4.69, 9.17) is 10.5 Å². The molecule has 1 aliphatic carbocycles. The Morgan fingerprint density at radius 2 is 2.29 bits per heavy atom. The number of hydrogen-bond acceptors (Lipinski definition) is 5. The summed E-state index contributed by atoms with van der Waals surface area (Å²) in [5, 5.41) is 12.4. The minimum atomic E-state index is -0.970. The lowest BCUT2D eigenvalue weighted by molar-refractivity contribution is -0.139. The summed E-state index contributed by atoms with van der Waals surface area (Å²) in [6.45, 7) is 3.33. The van der Waals surface area contributed by atoms with Crippen molar-refractivity contribution >= 4 is 11.9 Å². The Kier molecular flexibility index (Phi) is 4.65. The highest BCUT2D eigenvalue weighted by atomic mass is 16.5. The number of carbonyl (C=O) groups is 2. The van der Waals surface area contributed by atoms with Crippen molar-refractivity contribution in [2.24, 2.45) is 5.73 Å². The fourth-order valence-electron chi connectivity index (χ4n) is 1.81. The van der Waals surface area contributed by atoms with Crippen LogP contribution in [0.3, 0.4) is 0 Å². The van der Waals surface area contributed by atoms with E-state index in [1.165, 1.54) is 13.0 Å². The average molecular weight is 242 g/mol. The maximum atomic E-state index is 11.5. The Morgan fingerprint density at radius 1 is 1.65 bits per heavy atom. The molecule has 4 N–H and O–H groups in total. The summed E-state index contributed by atoms with van der Waals surface area (Å²) in [5.41, 5.74) is 6.17. The first-order valence-electron chi connectivity index (χ1n) is 5.54. The van der Waals surface area contributed by atoms with E-state index in [1.54, 1.807) is 6.92 Å². The highest BCUT2D eigenvalue weighted by Gasteiger charge is 2.32. The maximum absolute atomic E-state index is 11.5. The van der Waals surface area contributed by atoms with Crippen LogP contribution < -0.4 is 11.1 Å². The van der Waals surface area contributed by atoms with E-state index in [-0.39, 0.29) is 18.9 Å². The summed E-state index contributed by atoms with van der Waals surface area (Å²) in [7, 11) is 0. The first-order valence-corrected chi connectivity index (χ1v) is 5.54. The molecule has 1 aliphatic rings. The molecular formula is C11H18N2O4. The van der Waals surface area contributed by atoms with Gasteiger partial charge < -0.3 is 20.9 Å². The Hall–Kier alpha value is -1.40. The van der Waals surface area contributed by atoms with Crippen LogP contribution >= 0.6 is 0 Å². The van der Waals surface area contributed by atoms with Crippen LogP contribution in [-0.4, -0.2) is 41.8 Å². The van der Waals surface area contributed by atoms with Crippen LogP contribution in [0.5, 0.6) is 0 Å². The molecule has 0 heterocycles. The predicted molar refractivity (Wildman–Crippen MR) is 60.9 cm³/mol. The molecule has 96 valence electrons. The quantitative estimate of drug-likeness (QED) is 0.555. The molecule has 0 saturated heterocycles. The highest BCUT2D eigenvalue weighted by molar-refractivity contribution is 5.89. The fourth-order valence-corrected chi connectivity index (χ4v) is 1.81. The molecule has 0 unspecified atom stereocenters. The third-order valence-electron chi connectivity index (χ3n) is 2.56. The predicted octanol–water partition coefficient (Wildman–Crippen LogP) is -0.927. The molecule has 0 aliphatic heterocycles. The smallest absolute Gasteiger partial charge is 0.333 e. The molecule has 0 spiro atoms. The summed E-state index contributed by atoms with van der Waals surface area (Å²) in [6.07, 6.45) is 0.699. The van der Waals surface area contributed by atoms with Gasteiger partial charge in [0.1, 0.15) is 0 Å². The molecule has 6 nitrogen and oxygen atoms in total. The second-order valence-electron chi connectivity index (χ2n) is 4.00. The Bertz CT molecular complexity index is 340. The molecule has 0 fully saturated rings. The van der Waals surface area contributed by atoms with Gasteiger partial charge in [-0.1, -0.05) is 0 Å². The van der Waals surface area contributed by atoms with Gasteiger partial charge in [-0.2, -0.15) is 0 Å². The second-order valence-corrected chi connectivity index (χ2v) is 4.00. The molecule has 1 rings (SSSR count). The lowest BCUT2D eigenvalue weighted by atomic mass is 9.88. The second kappa shape index (κ2) is 5.79. The Morgan fingerprint density at radius 3 is 2.76 bits per heavy atom. The summed E-state index contributed by atoms with van der Waals surface area (Å²) in [5.74, 6) is -0.735. The molecule has 3 atom stereocenters. The largest absolute Gasteiger partial charge is 0.463 e. The number of ether oxygens (including phenoxy) is 1. The number of esters is 1. The van der Waals surface area contributed by atoms with Crippen molar-refractivity contribution in [3.05, 3.63) is 11.6 Å². The Labute approximate surface area is 99.8 Å². The molecule has 0 bridgehead atoms. The van der Waals surface area contributed by atoms with Crippen LogP contribution in [0.25, 0.3) is 0 Å².